The maximum Gasteiger partial charge on any atom is 0.338 e. The highest BCUT2D eigenvalue weighted by molar-refractivity contribution is 5.91. The molecule has 0 aromatic heterocycles. The Morgan fingerprint density at radius 1 is 0.971 bits per heavy atom. The Balaban J connectivity index is 1.87. The second-order valence-electron chi connectivity index (χ2n) is 8.05. The van der Waals surface area contributed by atoms with Crippen molar-refractivity contribution in [2.75, 3.05) is 33.6 Å². The number of hydrogen-bond donors (Lipinski definition) is 5. The fourth-order valence-electron chi connectivity index (χ4n) is 4.29. The van der Waals surface area contributed by atoms with E-state index in [4.69, 9.17) is 9.47 Å². The fraction of sp³-hybridized carbons (Fsp3) is 0.222. The number of benzene rings is 3. The molecule has 0 aliphatic carbocycles. The van der Waals surface area contributed by atoms with E-state index in [9.17, 15) is 9.90 Å². The number of methoxy groups -OCH3 is 1. The monoisotopic (exact) mass is 474 g/mol. The Labute approximate surface area is 205 Å². The van der Waals surface area contributed by atoms with Crippen molar-refractivity contribution in [3.63, 3.8) is 0 Å². The van der Waals surface area contributed by atoms with Crippen LogP contribution in [0, 0.1) is 0 Å². The number of para-hydroxylation sites is 1. The van der Waals surface area contributed by atoms with Gasteiger partial charge in [-0.25, -0.2) is 4.79 Å². The molecule has 0 amide bonds. The minimum Gasteiger partial charge on any atom is -0.504 e. The number of likely N-dealkylation sites (N-methyl/N-ethyl adjacent to an activating group) is 2. The summed E-state index contributed by atoms with van der Waals surface area (Å²) in [5.74, 6) is -0.728. The summed E-state index contributed by atoms with van der Waals surface area (Å²) in [4.78, 5) is 12.8. The zero-order chi connectivity index (χ0) is 25.0. The molecule has 3 aromatic carbocycles. The first-order chi connectivity index (χ1) is 17.0. The number of carbonyl (C=O) groups is 1. The highest BCUT2D eigenvalue weighted by Crippen LogP contribution is 2.43. The zero-order valence-electron chi connectivity index (χ0n) is 20.2. The molecule has 0 spiro atoms. The molecule has 0 saturated carbocycles. The van der Waals surface area contributed by atoms with Crippen molar-refractivity contribution in [2.45, 2.75) is 12.4 Å². The van der Waals surface area contributed by atoms with Crippen LogP contribution in [0.2, 0.25) is 0 Å². The maximum atomic E-state index is 12.8. The second-order valence-corrected chi connectivity index (χ2v) is 8.05. The Kier molecular flexibility index (Phi) is 6.95. The molecule has 0 radical (unpaired) electrons. The number of hydrogen-bond acceptors (Lipinski definition) is 8. The van der Waals surface area contributed by atoms with Gasteiger partial charge in [-0.3, -0.25) is 10.6 Å². The van der Waals surface area contributed by atoms with E-state index in [1.54, 1.807) is 30.3 Å². The van der Waals surface area contributed by atoms with E-state index in [2.05, 4.69) is 21.3 Å². The van der Waals surface area contributed by atoms with Gasteiger partial charge >= 0.3 is 5.97 Å². The SMILES string of the molecule is CNC1=CC(NC)(NC)Nc2ccc(-c3cccc(OC)c3O)c(COC(=O)c3ccccc3)c21. The van der Waals surface area contributed by atoms with E-state index < -0.39 is 11.8 Å². The van der Waals surface area contributed by atoms with Crippen molar-refractivity contribution >= 4 is 17.4 Å². The van der Waals surface area contributed by atoms with Crippen LogP contribution in [-0.4, -0.2) is 45.1 Å². The van der Waals surface area contributed by atoms with E-state index in [-0.39, 0.29) is 12.4 Å². The van der Waals surface area contributed by atoms with Crippen LogP contribution in [0.5, 0.6) is 11.5 Å². The summed E-state index contributed by atoms with van der Waals surface area (Å²) in [5, 5.41) is 24.2. The van der Waals surface area contributed by atoms with Crippen LogP contribution >= 0.6 is 0 Å². The quantitative estimate of drug-likeness (QED) is 0.250. The van der Waals surface area contributed by atoms with Gasteiger partial charge in [0, 0.05) is 35.1 Å². The highest BCUT2D eigenvalue weighted by Gasteiger charge is 2.33. The molecule has 1 aliphatic rings. The fourth-order valence-corrected chi connectivity index (χ4v) is 4.29. The third-order valence-electron chi connectivity index (χ3n) is 6.20. The first-order valence-corrected chi connectivity index (χ1v) is 11.3. The molecule has 35 heavy (non-hydrogen) atoms. The van der Waals surface area contributed by atoms with E-state index in [1.807, 2.05) is 57.6 Å². The molecule has 3 aromatic rings. The number of anilines is 1. The van der Waals surface area contributed by atoms with Crippen LogP contribution in [0.25, 0.3) is 16.8 Å². The summed E-state index contributed by atoms with van der Waals surface area (Å²) in [7, 11) is 7.05. The van der Waals surface area contributed by atoms with Gasteiger partial charge in [-0.2, -0.15) is 0 Å². The molecule has 8 nitrogen and oxygen atoms in total. The lowest BCUT2D eigenvalue weighted by Crippen LogP contribution is -2.60. The number of phenolic OH excluding ortho intramolecular Hbond substituents is 1. The van der Waals surface area contributed by atoms with Crippen molar-refractivity contribution in [1.82, 2.24) is 16.0 Å². The summed E-state index contributed by atoms with van der Waals surface area (Å²) in [6.07, 6.45) is 1.99. The average molecular weight is 475 g/mol. The van der Waals surface area contributed by atoms with Crippen molar-refractivity contribution in [3.05, 3.63) is 83.4 Å². The number of carbonyl (C=O) groups excluding carboxylic acids is 1. The van der Waals surface area contributed by atoms with Gasteiger partial charge in [-0.05, 0) is 50.0 Å². The van der Waals surface area contributed by atoms with Crippen LogP contribution in [0.4, 0.5) is 5.69 Å². The van der Waals surface area contributed by atoms with E-state index in [1.165, 1.54) is 7.11 Å². The van der Waals surface area contributed by atoms with Crippen molar-refractivity contribution in [3.8, 4) is 22.6 Å². The first-order valence-electron chi connectivity index (χ1n) is 11.3. The van der Waals surface area contributed by atoms with E-state index >= 15 is 0 Å². The number of phenols is 1. The number of esters is 1. The molecule has 0 atom stereocenters. The summed E-state index contributed by atoms with van der Waals surface area (Å²) in [5.41, 5.74) is 5.01. The van der Waals surface area contributed by atoms with E-state index in [0.29, 0.717) is 16.9 Å². The van der Waals surface area contributed by atoms with Crippen molar-refractivity contribution in [1.29, 1.82) is 0 Å². The smallest absolute Gasteiger partial charge is 0.338 e. The van der Waals surface area contributed by atoms with Gasteiger partial charge in [0.25, 0.3) is 0 Å². The van der Waals surface area contributed by atoms with Crippen LogP contribution in [0.3, 0.4) is 0 Å². The standard InChI is InChI=1S/C27H30N4O4/c1-28-22-15-27(29-2,30-3)31-21-14-13-18(19-11-8-12-23(34-4)25(19)32)20(24(21)22)16-35-26(33)17-9-6-5-7-10-17/h5-15,28-32H,16H2,1-4H3. The Morgan fingerprint density at radius 2 is 1.71 bits per heavy atom. The number of aromatic hydroxyl groups is 1. The summed E-state index contributed by atoms with van der Waals surface area (Å²) < 4.78 is 11.1. The van der Waals surface area contributed by atoms with Crippen LogP contribution in [0.1, 0.15) is 21.5 Å². The third-order valence-corrected chi connectivity index (χ3v) is 6.20. The molecular formula is C27H30N4O4. The normalized spacial score (nSPS) is 13.8. The Bertz CT molecular complexity index is 1250. The predicted molar refractivity (Wildman–Crippen MR) is 137 cm³/mol. The summed E-state index contributed by atoms with van der Waals surface area (Å²) in [6.45, 7) is -0.00427. The van der Waals surface area contributed by atoms with Gasteiger partial charge in [-0.1, -0.05) is 36.4 Å². The van der Waals surface area contributed by atoms with Gasteiger partial charge in [-0.15, -0.1) is 0 Å². The summed E-state index contributed by atoms with van der Waals surface area (Å²) >= 11 is 0. The van der Waals surface area contributed by atoms with Crippen molar-refractivity contribution < 1.29 is 19.4 Å². The Morgan fingerprint density at radius 3 is 2.37 bits per heavy atom. The minimum absolute atomic E-state index is 0.00427. The second kappa shape index (κ2) is 10.1. The minimum atomic E-state index is -0.678. The highest BCUT2D eigenvalue weighted by atomic mass is 16.5. The van der Waals surface area contributed by atoms with Gasteiger partial charge in [0.2, 0.25) is 0 Å². The molecule has 1 aliphatic heterocycles. The Hall–Kier alpha value is -4.01. The molecule has 0 unspecified atom stereocenters. The lowest BCUT2D eigenvalue weighted by atomic mass is 9.89. The van der Waals surface area contributed by atoms with Crippen molar-refractivity contribution in [2.24, 2.45) is 0 Å². The zero-order valence-corrected chi connectivity index (χ0v) is 20.2. The van der Waals surface area contributed by atoms with Gasteiger partial charge in [0.05, 0.1) is 12.7 Å². The third kappa shape index (κ3) is 4.53. The van der Waals surface area contributed by atoms with Gasteiger partial charge in [0.1, 0.15) is 6.61 Å². The maximum absolute atomic E-state index is 12.8. The van der Waals surface area contributed by atoms with Gasteiger partial charge in [0.15, 0.2) is 17.3 Å². The molecule has 8 heteroatoms. The predicted octanol–water partition coefficient (Wildman–Crippen LogP) is 3.50. The number of rotatable bonds is 8. The molecule has 4 rings (SSSR count). The van der Waals surface area contributed by atoms with Crippen LogP contribution in [-0.2, 0) is 11.3 Å². The molecule has 182 valence electrons. The molecule has 0 bridgehead atoms. The van der Waals surface area contributed by atoms with Crippen LogP contribution in [0.15, 0.2) is 66.7 Å². The molecule has 0 fully saturated rings. The van der Waals surface area contributed by atoms with Gasteiger partial charge < -0.3 is 25.2 Å². The lowest BCUT2D eigenvalue weighted by molar-refractivity contribution is 0.0473. The lowest BCUT2D eigenvalue weighted by Gasteiger charge is -2.38. The molecular weight excluding hydrogens is 444 g/mol. The average Bonchev–Trinajstić information content (AvgIpc) is 2.91. The first kappa shape index (κ1) is 24.1. The number of fused-ring (bicyclic) bond motifs is 1. The molecule has 0 saturated heterocycles. The van der Waals surface area contributed by atoms with Crippen LogP contribution < -0.4 is 26.0 Å². The summed E-state index contributed by atoms with van der Waals surface area (Å²) in [6, 6.07) is 18.0. The van der Waals surface area contributed by atoms with E-state index in [0.717, 1.165) is 28.1 Å². The largest absolute Gasteiger partial charge is 0.504 e. The number of ether oxygens (including phenoxy) is 2. The topological polar surface area (TPSA) is 104 Å². The molecule has 1 heterocycles. The number of nitrogens with one attached hydrogen (secondary N) is 4. The molecule has 5 N–H and O–H groups in total.